The lowest BCUT2D eigenvalue weighted by Crippen LogP contribution is -2.31. The van der Waals surface area contributed by atoms with Crippen LogP contribution < -0.4 is 11.5 Å². The fourth-order valence-corrected chi connectivity index (χ4v) is 0.365. The van der Waals surface area contributed by atoms with Gasteiger partial charge in [-0.3, -0.25) is 9.59 Å². The van der Waals surface area contributed by atoms with Gasteiger partial charge in [-0.05, 0) is 6.42 Å². The number of carbonyl (C=O) groups excluding carboxylic acids is 1. The molecule has 0 aliphatic heterocycles. The highest BCUT2D eigenvalue weighted by atomic mass is 16.4. The molecule has 0 saturated heterocycles. The smallest absolute Gasteiger partial charge is 0.320 e. The highest BCUT2D eigenvalue weighted by molar-refractivity contribution is 5.76. The maximum Gasteiger partial charge on any atom is 0.320 e. The van der Waals surface area contributed by atoms with E-state index in [-0.39, 0.29) is 12.8 Å². The van der Waals surface area contributed by atoms with E-state index >= 15 is 0 Å². The number of carboxylic acids is 1. The third kappa shape index (κ3) is 3.85. The third-order valence-electron chi connectivity index (χ3n) is 0.915. The molecule has 0 aromatic heterocycles. The number of amides is 1. The first-order valence-electron chi connectivity index (χ1n) is 3.17. The Morgan fingerprint density at radius 1 is 1.70 bits per heavy atom. The minimum absolute atomic E-state index is 0.188. The summed E-state index contributed by atoms with van der Waals surface area (Å²) in [6.07, 6.45) is -0.454. The molecule has 1 unspecified atom stereocenters. The van der Waals surface area contributed by atoms with Gasteiger partial charge in [0, 0.05) is 6.42 Å². The van der Waals surface area contributed by atoms with E-state index in [0.29, 0.717) is 0 Å². The quantitative estimate of drug-likeness (QED) is 0.457. The molecule has 1 atom stereocenters. The van der Waals surface area contributed by atoms with Crippen LogP contribution in [0.5, 0.6) is 0 Å². The molecular formula is C5H10N2O3. The summed E-state index contributed by atoms with van der Waals surface area (Å²) in [7, 11) is 0. The lowest BCUT2D eigenvalue weighted by Gasteiger charge is -2.01. The van der Waals surface area contributed by atoms with E-state index in [2.05, 4.69) is 0 Å². The molecule has 58 valence electrons. The molecular weight excluding hydrogens is 136 g/mol. The molecule has 5 N–H and O–H groups in total. The standard InChI is InChI=1S/C5H10N2O3/c6-3(5(9)10)1-2-4(7)8/h3H,1-2,6H2,(H2,7,8)(H,9,10)/i3D. The average molecular weight is 147 g/mol. The number of nitrogens with two attached hydrogens (primary N) is 2. The van der Waals surface area contributed by atoms with E-state index in [1.807, 2.05) is 0 Å². The van der Waals surface area contributed by atoms with Gasteiger partial charge >= 0.3 is 5.97 Å². The Morgan fingerprint density at radius 3 is 2.50 bits per heavy atom. The number of rotatable bonds is 4. The molecule has 0 fully saturated rings. The second-order valence-corrected chi connectivity index (χ2v) is 1.80. The van der Waals surface area contributed by atoms with Crippen molar-refractivity contribution in [2.75, 3.05) is 0 Å². The van der Waals surface area contributed by atoms with Gasteiger partial charge < -0.3 is 16.6 Å². The minimum Gasteiger partial charge on any atom is -0.480 e. The van der Waals surface area contributed by atoms with Crippen molar-refractivity contribution in [3.05, 3.63) is 0 Å². The summed E-state index contributed by atoms with van der Waals surface area (Å²) in [4.78, 5) is 20.3. The highest BCUT2D eigenvalue weighted by Gasteiger charge is 2.11. The van der Waals surface area contributed by atoms with Crippen LogP contribution in [0.25, 0.3) is 0 Å². The zero-order valence-corrected chi connectivity index (χ0v) is 5.33. The molecule has 0 spiro atoms. The Morgan fingerprint density at radius 2 is 2.20 bits per heavy atom. The first kappa shape index (κ1) is 7.01. The summed E-state index contributed by atoms with van der Waals surface area (Å²) in [6, 6.07) is -2.10. The van der Waals surface area contributed by atoms with Gasteiger partial charge in [0.1, 0.15) is 6.02 Å². The summed E-state index contributed by atoms with van der Waals surface area (Å²) in [5, 5.41) is 8.29. The molecule has 0 aliphatic rings. The SMILES string of the molecule is [2H]C(N)(CCC(N)=O)C(=O)O. The Bertz CT molecular complexity index is 181. The van der Waals surface area contributed by atoms with E-state index in [9.17, 15) is 9.59 Å². The second-order valence-electron chi connectivity index (χ2n) is 1.80. The molecule has 0 saturated carbocycles. The zero-order chi connectivity index (χ0) is 9.07. The van der Waals surface area contributed by atoms with Crippen molar-refractivity contribution in [2.45, 2.75) is 18.9 Å². The summed E-state index contributed by atoms with van der Waals surface area (Å²) < 4.78 is 6.94. The molecule has 1 amide bonds. The Balaban J connectivity index is 3.92. The molecule has 0 aromatic carbocycles. The van der Waals surface area contributed by atoms with Gasteiger partial charge in [-0.25, -0.2) is 0 Å². The van der Waals surface area contributed by atoms with Crippen molar-refractivity contribution in [2.24, 2.45) is 11.5 Å². The van der Waals surface area contributed by atoms with Gasteiger partial charge in [-0.2, -0.15) is 0 Å². The number of carbonyl (C=O) groups is 2. The molecule has 0 rings (SSSR count). The maximum atomic E-state index is 10.2. The van der Waals surface area contributed by atoms with Crippen LogP contribution in [0.3, 0.4) is 0 Å². The van der Waals surface area contributed by atoms with Gasteiger partial charge in [-0.15, -0.1) is 0 Å². The first-order chi connectivity index (χ1) is 4.86. The van der Waals surface area contributed by atoms with Crippen molar-refractivity contribution in [1.82, 2.24) is 0 Å². The van der Waals surface area contributed by atoms with Gasteiger partial charge in [0.2, 0.25) is 5.91 Å². The predicted molar refractivity (Wildman–Crippen MR) is 34.0 cm³/mol. The van der Waals surface area contributed by atoms with E-state index < -0.39 is 17.9 Å². The van der Waals surface area contributed by atoms with Gasteiger partial charge in [0.05, 0.1) is 1.37 Å². The molecule has 0 aliphatic carbocycles. The molecule has 0 radical (unpaired) electrons. The second kappa shape index (κ2) is 3.84. The lowest BCUT2D eigenvalue weighted by atomic mass is 10.2. The van der Waals surface area contributed by atoms with E-state index in [1.165, 1.54) is 0 Å². The number of primary amides is 1. The van der Waals surface area contributed by atoms with Crippen molar-refractivity contribution in [3.63, 3.8) is 0 Å². The summed E-state index contributed by atoms with van der Waals surface area (Å²) >= 11 is 0. The van der Waals surface area contributed by atoms with Gasteiger partial charge in [0.25, 0.3) is 0 Å². The molecule has 5 heteroatoms. The van der Waals surface area contributed by atoms with Gasteiger partial charge in [-0.1, -0.05) is 0 Å². The van der Waals surface area contributed by atoms with Gasteiger partial charge in [0.15, 0.2) is 0 Å². The topological polar surface area (TPSA) is 106 Å². The van der Waals surface area contributed by atoms with Crippen LogP contribution in [-0.2, 0) is 9.59 Å². The van der Waals surface area contributed by atoms with E-state index in [1.54, 1.807) is 0 Å². The van der Waals surface area contributed by atoms with E-state index in [0.717, 1.165) is 0 Å². The Kier molecular flexibility index (Phi) is 2.69. The molecule has 10 heavy (non-hydrogen) atoms. The number of aliphatic carboxylic acids is 1. The third-order valence-corrected chi connectivity index (χ3v) is 0.915. The van der Waals surface area contributed by atoms with Crippen molar-refractivity contribution in [1.29, 1.82) is 0 Å². The molecule has 0 heterocycles. The maximum absolute atomic E-state index is 10.2. The highest BCUT2D eigenvalue weighted by Crippen LogP contribution is 1.92. The largest absolute Gasteiger partial charge is 0.480 e. The van der Waals surface area contributed by atoms with Crippen LogP contribution in [0.2, 0.25) is 0 Å². The fraction of sp³-hybridized carbons (Fsp3) is 0.600. The minimum atomic E-state index is -2.10. The fourth-order valence-electron chi connectivity index (χ4n) is 0.365. The Hall–Kier alpha value is -1.10. The summed E-state index contributed by atoms with van der Waals surface area (Å²) in [5.74, 6) is -2.12. The average Bonchev–Trinajstić information content (AvgIpc) is 1.84. The molecule has 0 aromatic rings. The summed E-state index contributed by atoms with van der Waals surface area (Å²) in [6.45, 7) is 0. The van der Waals surface area contributed by atoms with Crippen LogP contribution >= 0.6 is 0 Å². The van der Waals surface area contributed by atoms with Crippen LogP contribution in [0.1, 0.15) is 14.2 Å². The molecule has 0 bridgehead atoms. The van der Waals surface area contributed by atoms with Crippen LogP contribution in [0.4, 0.5) is 0 Å². The lowest BCUT2D eigenvalue weighted by molar-refractivity contribution is -0.138. The number of hydrogen-bond acceptors (Lipinski definition) is 3. The summed E-state index contributed by atoms with van der Waals surface area (Å²) in [5.41, 5.74) is 9.70. The van der Waals surface area contributed by atoms with Crippen molar-refractivity contribution in [3.8, 4) is 0 Å². The normalized spacial score (nSPS) is 17.1. The monoisotopic (exact) mass is 147 g/mol. The van der Waals surface area contributed by atoms with Crippen molar-refractivity contribution < 1.29 is 16.1 Å². The number of carboxylic acid groups (broad SMARTS) is 1. The predicted octanol–water partition coefficient (Wildman–Crippen LogP) is -1.34. The van der Waals surface area contributed by atoms with Crippen LogP contribution in [0.15, 0.2) is 0 Å². The van der Waals surface area contributed by atoms with Crippen LogP contribution in [-0.4, -0.2) is 23.0 Å². The Labute approximate surface area is 59.4 Å². The van der Waals surface area contributed by atoms with Crippen molar-refractivity contribution >= 4 is 11.9 Å². The van der Waals surface area contributed by atoms with E-state index in [4.69, 9.17) is 17.9 Å². The number of hydrogen-bond donors (Lipinski definition) is 3. The van der Waals surface area contributed by atoms with Crippen LogP contribution in [0, 0.1) is 0 Å². The molecule has 5 nitrogen and oxygen atoms in total. The first-order valence-corrected chi connectivity index (χ1v) is 2.67. The zero-order valence-electron chi connectivity index (χ0n) is 6.33.